The first-order valence-electron chi connectivity index (χ1n) is 17.2. The van der Waals surface area contributed by atoms with Gasteiger partial charge in [-0.3, -0.25) is 18.6 Å². The zero-order valence-corrected chi connectivity index (χ0v) is 29.4. The van der Waals surface area contributed by atoms with Crippen LogP contribution in [0.2, 0.25) is 0 Å². The number of nitrogens with one attached hydrogen (secondary N) is 3. The summed E-state index contributed by atoms with van der Waals surface area (Å²) >= 11 is 0. The molecule has 5 atom stereocenters. The summed E-state index contributed by atoms with van der Waals surface area (Å²) in [6, 6.07) is 8.88. The maximum atomic E-state index is 14.4. The van der Waals surface area contributed by atoms with E-state index in [1.807, 2.05) is 35.1 Å². The van der Waals surface area contributed by atoms with Crippen LogP contribution in [0, 0.1) is 11.3 Å². The molecular formula is C35H45N5O9S. The van der Waals surface area contributed by atoms with E-state index in [-0.39, 0.29) is 25.5 Å². The fourth-order valence-electron chi connectivity index (χ4n) is 6.69. The van der Waals surface area contributed by atoms with Crippen molar-refractivity contribution in [2.75, 3.05) is 6.54 Å². The lowest BCUT2D eigenvalue weighted by atomic mass is 9.85. The van der Waals surface area contributed by atoms with E-state index >= 15 is 0 Å². The summed E-state index contributed by atoms with van der Waals surface area (Å²) in [7, 11) is -4.41. The van der Waals surface area contributed by atoms with E-state index in [9.17, 15) is 27.6 Å². The van der Waals surface area contributed by atoms with Gasteiger partial charge < -0.3 is 25.0 Å². The lowest BCUT2D eigenvalue weighted by Gasteiger charge is -2.35. The molecule has 1 aromatic heterocycles. The molecule has 2 heterocycles. The van der Waals surface area contributed by atoms with Gasteiger partial charge in [0, 0.05) is 23.8 Å². The van der Waals surface area contributed by atoms with E-state index < -0.39 is 75.3 Å². The lowest BCUT2D eigenvalue weighted by Crippen LogP contribution is -2.60. The smallest absolute Gasteiger partial charge is 0.408 e. The lowest BCUT2D eigenvalue weighted by molar-refractivity contribution is -0.143. The summed E-state index contributed by atoms with van der Waals surface area (Å²) < 4.78 is 43.8. The maximum absolute atomic E-state index is 14.4. The number of hydrogen-bond acceptors (Lipinski definition) is 10. The summed E-state index contributed by atoms with van der Waals surface area (Å²) in [5.74, 6) is -2.43. The van der Waals surface area contributed by atoms with Gasteiger partial charge in [0.05, 0.1) is 18.2 Å². The van der Waals surface area contributed by atoms with Crippen molar-refractivity contribution >= 4 is 45.0 Å². The Hall–Kier alpha value is -4.24. The second-order valence-electron chi connectivity index (χ2n) is 14.8. The Balaban J connectivity index is 1.24. The Bertz CT molecular complexity index is 1770. The van der Waals surface area contributed by atoms with Crippen molar-refractivity contribution in [3.8, 4) is 5.88 Å². The summed E-state index contributed by atoms with van der Waals surface area (Å²) in [4.78, 5) is 60.9. The van der Waals surface area contributed by atoms with E-state index in [1.54, 1.807) is 26.8 Å². The number of carbonyl (C=O) groups excluding carboxylic acids is 4. The van der Waals surface area contributed by atoms with Gasteiger partial charge in [-0.25, -0.2) is 14.5 Å². The predicted molar refractivity (Wildman–Crippen MR) is 182 cm³/mol. The molecule has 50 heavy (non-hydrogen) atoms. The van der Waals surface area contributed by atoms with Crippen LogP contribution in [0.15, 0.2) is 49.1 Å². The van der Waals surface area contributed by atoms with Gasteiger partial charge >= 0.3 is 16.4 Å². The molecule has 0 spiro atoms. The van der Waals surface area contributed by atoms with Gasteiger partial charge in [0.15, 0.2) is 0 Å². The highest BCUT2D eigenvalue weighted by molar-refractivity contribution is 7.85. The molecule has 1 aliphatic heterocycles. The number of fused-ring (bicyclic) bond motifs is 1. The van der Waals surface area contributed by atoms with Crippen LogP contribution in [-0.2, 0) is 33.6 Å². The molecule has 4 fully saturated rings. The Kier molecular flexibility index (Phi) is 9.83. The molecule has 3 N–H and O–H groups in total. The van der Waals surface area contributed by atoms with Gasteiger partial charge in [0.1, 0.15) is 29.8 Å². The topological polar surface area (TPSA) is 182 Å². The first kappa shape index (κ1) is 35.6. The zero-order chi connectivity index (χ0) is 35.8. The van der Waals surface area contributed by atoms with Gasteiger partial charge in [-0.1, -0.05) is 45.0 Å². The van der Waals surface area contributed by atoms with Gasteiger partial charge in [-0.15, -0.1) is 6.58 Å². The molecule has 3 saturated carbocycles. The van der Waals surface area contributed by atoms with Crippen LogP contribution < -0.4 is 20.1 Å². The van der Waals surface area contributed by atoms with Gasteiger partial charge in [-0.2, -0.15) is 8.42 Å². The van der Waals surface area contributed by atoms with Gasteiger partial charge in [-0.05, 0) is 62.5 Å². The van der Waals surface area contributed by atoms with E-state index in [1.165, 1.54) is 11.0 Å². The van der Waals surface area contributed by atoms with Gasteiger partial charge in [0.25, 0.3) is 5.91 Å². The van der Waals surface area contributed by atoms with Crippen LogP contribution >= 0.6 is 0 Å². The minimum absolute atomic E-state index is 0.0228. The SMILES string of the molecule is C=C[C@@H]1C[C@]1(NC(=O)[C@@H]1C[C@@H](Oc2ccc3ccccc3n2)CN1C(=O)[C@@H](NC(=O)OC1CCCC1)C(C)(C)C)C(=O)NS(=O)(=O)OC1CC1. The number of para-hydroxylation sites is 1. The number of nitrogens with zero attached hydrogens (tertiary/aromatic N) is 2. The van der Waals surface area contributed by atoms with Crippen molar-refractivity contribution < 1.29 is 41.3 Å². The number of likely N-dealkylation sites (tertiary alicyclic amines) is 1. The molecule has 0 unspecified atom stereocenters. The highest BCUT2D eigenvalue weighted by atomic mass is 32.2. The Labute approximate surface area is 291 Å². The Morgan fingerprint density at radius 3 is 2.40 bits per heavy atom. The zero-order valence-electron chi connectivity index (χ0n) is 28.6. The fraction of sp³-hybridized carbons (Fsp3) is 0.571. The molecule has 3 aliphatic carbocycles. The highest BCUT2D eigenvalue weighted by Crippen LogP contribution is 2.45. The minimum atomic E-state index is -4.41. The molecule has 270 valence electrons. The Morgan fingerprint density at radius 1 is 1.02 bits per heavy atom. The van der Waals surface area contributed by atoms with E-state index in [0.29, 0.717) is 24.2 Å². The molecule has 0 radical (unpaired) electrons. The van der Waals surface area contributed by atoms with Gasteiger partial charge in [0.2, 0.25) is 17.7 Å². The van der Waals surface area contributed by atoms with Crippen LogP contribution in [0.3, 0.4) is 0 Å². The number of amides is 4. The number of aromatic nitrogens is 1. The summed E-state index contributed by atoms with van der Waals surface area (Å²) in [6.45, 7) is 9.11. The minimum Gasteiger partial charge on any atom is -0.472 e. The molecule has 0 bridgehead atoms. The molecule has 1 saturated heterocycles. The standard InChI is InChI=1S/C35H45N5O9S/c1-5-22-19-35(22,32(43)39-50(45,46)49-24-15-16-24)38-30(41)27-18-25(47-28-17-14-21-10-6-9-13-26(21)36-28)20-40(27)31(42)29(34(2,3)4)37-33(44)48-23-11-7-8-12-23/h5-6,9-10,13-14,17,22-25,27,29H,1,7-8,11-12,15-16,18-20H2,2-4H3,(H,37,44)(H,38,41)(H,39,43)/t22-,25-,27+,29-,35-/m1/s1. The second kappa shape index (κ2) is 13.8. The maximum Gasteiger partial charge on any atom is 0.408 e. The Morgan fingerprint density at radius 2 is 1.74 bits per heavy atom. The van der Waals surface area contributed by atoms with E-state index in [4.69, 9.17) is 13.7 Å². The normalized spacial score (nSPS) is 25.8. The summed E-state index contributed by atoms with van der Waals surface area (Å²) in [5.41, 5.74) is -1.69. The molecule has 4 aliphatic rings. The predicted octanol–water partition coefficient (Wildman–Crippen LogP) is 3.27. The molecule has 2 aromatic rings. The number of hydrogen-bond donors (Lipinski definition) is 3. The number of benzene rings is 1. The number of alkyl carbamates (subject to hydrolysis) is 1. The largest absolute Gasteiger partial charge is 0.472 e. The monoisotopic (exact) mass is 711 g/mol. The van der Waals surface area contributed by atoms with Crippen molar-refractivity contribution in [1.29, 1.82) is 0 Å². The molecule has 15 heteroatoms. The molecule has 6 rings (SSSR count). The average Bonchev–Trinajstić information content (AvgIpc) is 3.88. The third-order valence-electron chi connectivity index (χ3n) is 9.72. The molecule has 4 amide bonds. The van der Waals surface area contributed by atoms with Crippen LogP contribution in [-0.4, -0.2) is 84.6 Å². The fourth-order valence-corrected chi connectivity index (χ4v) is 7.70. The third kappa shape index (κ3) is 8.04. The summed E-state index contributed by atoms with van der Waals surface area (Å²) in [6.07, 6.45) is 4.09. The number of rotatable bonds is 12. The van der Waals surface area contributed by atoms with E-state index in [0.717, 1.165) is 31.1 Å². The van der Waals surface area contributed by atoms with Crippen molar-refractivity contribution in [1.82, 2.24) is 25.2 Å². The van der Waals surface area contributed by atoms with Crippen LogP contribution in [0.5, 0.6) is 5.88 Å². The molecule has 14 nitrogen and oxygen atoms in total. The third-order valence-corrected chi connectivity index (χ3v) is 10.7. The quantitative estimate of drug-likeness (QED) is 0.277. The van der Waals surface area contributed by atoms with Crippen molar-refractivity contribution in [2.24, 2.45) is 11.3 Å². The van der Waals surface area contributed by atoms with Crippen molar-refractivity contribution in [2.45, 2.75) is 108 Å². The van der Waals surface area contributed by atoms with Crippen LogP contribution in [0.25, 0.3) is 10.9 Å². The van der Waals surface area contributed by atoms with Crippen molar-refractivity contribution in [3.63, 3.8) is 0 Å². The average molecular weight is 712 g/mol. The van der Waals surface area contributed by atoms with Crippen molar-refractivity contribution in [3.05, 3.63) is 49.1 Å². The number of pyridine rings is 1. The van der Waals surface area contributed by atoms with Crippen LogP contribution in [0.4, 0.5) is 4.79 Å². The molecular weight excluding hydrogens is 666 g/mol. The molecule has 1 aromatic carbocycles. The number of carbonyl (C=O) groups is 4. The number of ether oxygens (including phenoxy) is 2. The summed E-state index contributed by atoms with van der Waals surface area (Å²) in [5, 5.41) is 6.41. The first-order chi connectivity index (χ1) is 23.7. The van der Waals surface area contributed by atoms with E-state index in [2.05, 4.69) is 22.2 Å². The highest BCUT2D eigenvalue weighted by Gasteiger charge is 2.62. The second-order valence-corrected chi connectivity index (χ2v) is 16.1. The first-order valence-corrected chi connectivity index (χ1v) is 18.6. The van der Waals surface area contributed by atoms with Crippen LogP contribution in [0.1, 0.15) is 72.1 Å².